The highest BCUT2D eigenvalue weighted by Crippen LogP contribution is 2.23. The van der Waals surface area contributed by atoms with Crippen LogP contribution in [0.1, 0.15) is 0 Å². The highest BCUT2D eigenvalue weighted by atomic mass is 32.2. The summed E-state index contributed by atoms with van der Waals surface area (Å²) in [7, 11) is -0.642. The topological polar surface area (TPSA) is 108 Å². The monoisotopic (exact) mass is 423 g/mol. The van der Waals surface area contributed by atoms with Gasteiger partial charge in [-0.25, -0.2) is 17.7 Å². The Labute approximate surface area is 165 Å². The number of aromatic nitrogens is 3. The standard InChI is InChI=1S/C16H17N5O3S3/c1-21(2)27(23,24)12-6-3-5-11(9-12)17-14(22)10-26-16-18-15(19-20-16)13-7-4-8-25-13/h3-9H,10H2,1-2H3,(H,17,22)(H,18,19,20). The molecule has 0 saturated heterocycles. The fourth-order valence-corrected chi connectivity index (χ4v) is 4.32. The number of aromatic amines is 1. The van der Waals surface area contributed by atoms with E-state index in [1.165, 1.54) is 38.0 Å². The van der Waals surface area contributed by atoms with Gasteiger partial charge < -0.3 is 5.32 Å². The molecule has 0 aliphatic rings. The normalized spacial score (nSPS) is 11.7. The number of hydrogen-bond acceptors (Lipinski definition) is 7. The van der Waals surface area contributed by atoms with Gasteiger partial charge in [-0.1, -0.05) is 23.9 Å². The molecule has 2 aromatic heterocycles. The van der Waals surface area contributed by atoms with Crippen LogP contribution in [0.2, 0.25) is 0 Å². The zero-order chi connectivity index (χ0) is 19.4. The van der Waals surface area contributed by atoms with E-state index in [4.69, 9.17) is 0 Å². The molecule has 3 aromatic rings. The van der Waals surface area contributed by atoms with Crippen molar-refractivity contribution in [3.05, 3.63) is 41.8 Å². The van der Waals surface area contributed by atoms with E-state index in [1.54, 1.807) is 23.5 Å². The summed E-state index contributed by atoms with van der Waals surface area (Å²) >= 11 is 2.74. The molecule has 0 atom stereocenters. The lowest BCUT2D eigenvalue weighted by atomic mass is 10.3. The number of benzene rings is 1. The summed E-state index contributed by atoms with van der Waals surface area (Å²) < 4.78 is 25.5. The second-order valence-corrected chi connectivity index (χ2v) is 9.64. The van der Waals surface area contributed by atoms with Crippen molar-refractivity contribution in [2.45, 2.75) is 10.1 Å². The number of nitrogens with zero attached hydrogens (tertiary/aromatic N) is 3. The zero-order valence-corrected chi connectivity index (χ0v) is 17.0. The maximum absolute atomic E-state index is 12.2. The van der Waals surface area contributed by atoms with Crippen LogP contribution in [0.25, 0.3) is 10.7 Å². The Morgan fingerprint density at radius 3 is 2.81 bits per heavy atom. The Morgan fingerprint density at radius 2 is 2.11 bits per heavy atom. The Kier molecular flexibility index (Phi) is 5.95. The van der Waals surface area contributed by atoms with Crippen molar-refractivity contribution in [2.24, 2.45) is 0 Å². The van der Waals surface area contributed by atoms with E-state index in [2.05, 4.69) is 20.5 Å². The molecular weight excluding hydrogens is 406 g/mol. The molecule has 0 unspecified atom stereocenters. The van der Waals surface area contributed by atoms with E-state index < -0.39 is 10.0 Å². The number of thiophene rings is 1. The second-order valence-electron chi connectivity index (χ2n) is 5.60. The third kappa shape index (κ3) is 4.75. The van der Waals surface area contributed by atoms with E-state index in [1.807, 2.05) is 17.5 Å². The van der Waals surface area contributed by atoms with Gasteiger partial charge in [-0.3, -0.25) is 9.89 Å². The lowest BCUT2D eigenvalue weighted by Crippen LogP contribution is -2.22. The van der Waals surface area contributed by atoms with Crippen molar-refractivity contribution >= 4 is 44.7 Å². The summed E-state index contributed by atoms with van der Waals surface area (Å²) in [4.78, 5) is 17.6. The van der Waals surface area contributed by atoms with E-state index in [0.29, 0.717) is 16.7 Å². The fourth-order valence-electron chi connectivity index (χ4n) is 2.11. The Hall–Kier alpha value is -2.21. The molecule has 0 fully saturated rings. The summed E-state index contributed by atoms with van der Waals surface area (Å²) in [5.74, 6) is 0.489. The molecule has 3 rings (SSSR count). The average molecular weight is 424 g/mol. The van der Waals surface area contributed by atoms with Crippen LogP contribution in [0, 0.1) is 0 Å². The van der Waals surface area contributed by atoms with Crippen LogP contribution in [0.4, 0.5) is 5.69 Å². The van der Waals surface area contributed by atoms with Gasteiger partial charge in [0.2, 0.25) is 21.1 Å². The fraction of sp³-hybridized carbons (Fsp3) is 0.188. The average Bonchev–Trinajstić information content (AvgIpc) is 3.31. The van der Waals surface area contributed by atoms with Crippen molar-refractivity contribution in [3.8, 4) is 10.7 Å². The number of carbonyl (C=O) groups excluding carboxylic acids is 1. The number of nitrogens with one attached hydrogen (secondary N) is 2. The van der Waals surface area contributed by atoms with E-state index >= 15 is 0 Å². The number of rotatable bonds is 7. The second kappa shape index (κ2) is 8.21. The van der Waals surface area contributed by atoms with Crippen LogP contribution >= 0.6 is 23.1 Å². The van der Waals surface area contributed by atoms with Gasteiger partial charge in [0.25, 0.3) is 0 Å². The van der Waals surface area contributed by atoms with Crippen LogP contribution in [-0.2, 0) is 14.8 Å². The Morgan fingerprint density at radius 1 is 1.30 bits per heavy atom. The first-order chi connectivity index (χ1) is 12.9. The van der Waals surface area contributed by atoms with Crippen molar-refractivity contribution in [1.29, 1.82) is 0 Å². The summed E-state index contributed by atoms with van der Waals surface area (Å²) in [6.45, 7) is 0. The quantitative estimate of drug-likeness (QED) is 0.565. The van der Waals surface area contributed by atoms with Gasteiger partial charge in [-0.15, -0.1) is 16.4 Å². The maximum atomic E-state index is 12.2. The molecule has 1 aromatic carbocycles. The molecule has 142 valence electrons. The molecule has 11 heteroatoms. The minimum atomic E-state index is -3.56. The maximum Gasteiger partial charge on any atom is 0.242 e. The molecule has 8 nitrogen and oxygen atoms in total. The van der Waals surface area contributed by atoms with Gasteiger partial charge in [0.1, 0.15) is 0 Å². The highest BCUT2D eigenvalue weighted by molar-refractivity contribution is 7.99. The lowest BCUT2D eigenvalue weighted by Gasteiger charge is -2.12. The van der Waals surface area contributed by atoms with Crippen LogP contribution in [-0.4, -0.2) is 53.7 Å². The lowest BCUT2D eigenvalue weighted by molar-refractivity contribution is -0.113. The van der Waals surface area contributed by atoms with Crippen molar-refractivity contribution < 1.29 is 13.2 Å². The zero-order valence-electron chi connectivity index (χ0n) is 14.5. The third-order valence-corrected chi connectivity index (χ3v) is 6.98. The molecule has 2 N–H and O–H groups in total. The minimum absolute atomic E-state index is 0.104. The first kappa shape index (κ1) is 19.5. The number of hydrogen-bond donors (Lipinski definition) is 2. The predicted octanol–water partition coefficient (Wildman–Crippen LogP) is 2.51. The van der Waals surface area contributed by atoms with Crippen LogP contribution in [0.15, 0.2) is 51.8 Å². The molecule has 0 radical (unpaired) electrons. The van der Waals surface area contributed by atoms with Crippen LogP contribution in [0.5, 0.6) is 0 Å². The van der Waals surface area contributed by atoms with Crippen molar-refractivity contribution in [1.82, 2.24) is 19.5 Å². The van der Waals surface area contributed by atoms with Gasteiger partial charge in [-0.05, 0) is 29.6 Å². The molecular formula is C16H17N5O3S3. The van der Waals surface area contributed by atoms with Gasteiger partial charge >= 0.3 is 0 Å². The Balaban J connectivity index is 1.60. The first-order valence-electron chi connectivity index (χ1n) is 7.78. The SMILES string of the molecule is CN(C)S(=O)(=O)c1cccc(NC(=O)CSc2n[nH]c(-c3cccs3)n2)c1. The van der Waals surface area contributed by atoms with Crippen molar-refractivity contribution in [3.63, 3.8) is 0 Å². The number of anilines is 1. The molecule has 1 amide bonds. The molecule has 0 aliphatic heterocycles. The number of amides is 1. The summed E-state index contributed by atoms with van der Waals surface area (Å²) in [6.07, 6.45) is 0. The van der Waals surface area contributed by atoms with Gasteiger partial charge in [0, 0.05) is 19.8 Å². The molecule has 0 bridgehead atoms. The van der Waals surface area contributed by atoms with E-state index in [-0.39, 0.29) is 16.6 Å². The van der Waals surface area contributed by atoms with Gasteiger partial charge in [0.15, 0.2) is 5.82 Å². The van der Waals surface area contributed by atoms with Crippen molar-refractivity contribution in [2.75, 3.05) is 25.2 Å². The summed E-state index contributed by atoms with van der Waals surface area (Å²) in [5.41, 5.74) is 0.415. The van der Waals surface area contributed by atoms with E-state index in [0.717, 1.165) is 9.18 Å². The number of carbonyl (C=O) groups is 1. The van der Waals surface area contributed by atoms with Gasteiger partial charge in [-0.2, -0.15) is 0 Å². The number of thioether (sulfide) groups is 1. The minimum Gasteiger partial charge on any atom is -0.325 e. The molecule has 27 heavy (non-hydrogen) atoms. The van der Waals surface area contributed by atoms with Crippen LogP contribution in [0.3, 0.4) is 0 Å². The molecule has 2 heterocycles. The third-order valence-electron chi connectivity index (χ3n) is 3.45. The molecule has 0 aliphatic carbocycles. The van der Waals surface area contributed by atoms with Gasteiger partial charge in [0.05, 0.1) is 15.5 Å². The molecule has 0 spiro atoms. The summed E-state index contributed by atoms with van der Waals surface area (Å²) in [5, 5.41) is 12.0. The largest absolute Gasteiger partial charge is 0.325 e. The number of H-pyrrole nitrogens is 1. The van der Waals surface area contributed by atoms with E-state index in [9.17, 15) is 13.2 Å². The Bertz CT molecular complexity index is 1030. The predicted molar refractivity (Wildman–Crippen MR) is 106 cm³/mol. The summed E-state index contributed by atoms with van der Waals surface area (Å²) in [6, 6.07) is 9.99. The first-order valence-corrected chi connectivity index (χ1v) is 11.1. The van der Waals surface area contributed by atoms with Crippen LogP contribution < -0.4 is 5.32 Å². The number of sulfonamides is 1. The molecule has 0 saturated carbocycles. The highest BCUT2D eigenvalue weighted by Gasteiger charge is 2.17. The smallest absolute Gasteiger partial charge is 0.242 e.